The molecule has 0 saturated heterocycles. The normalized spacial score (nSPS) is 15.8. The van der Waals surface area contributed by atoms with Crippen LogP contribution in [0, 0.1) is 0 Å². The first-order chi connectivity index (χ1) is 11.3. The molecule has 1 aliphatic carbocycles. The topological polar surface area (TPSA) is 46.9 Å². The van der Waals surface area contributed by atoms with E-state index in [2.05, 4.69) is 5.32 Å². The van der Waals surface area contributed by atoms with Gasteiger partial charge in [-0.2, -0.15) is 0 Å². The van der Waals surface area contributed by atoms with Crippen molar-refractivity contribution >= 4 is 27.5 Å². The van der Waals surface area contributed by atoms with Crippen LogP contribution in [0.25, 0.3) is 15.9 Å². The lowest BCUT2D eigenvalue weighted by Crippen LogP contribution is -2.29. The van der Waals surface area contributed by atoms with Gasteiger partial charge in [-0.15, -0.1) is 11.3 Å². The van der Waals surface area contributed by atoms with Crippen molar-refractivity contribution in [1.82, 2.24) is 9.55 Å². The lowest BCUT2D eigenvalue weighted by Gasteiger charge is -2.24. The second-order valence-corrected chi connectivity index (χ2v) is 6.92. The lowest BCUT2D eigenvalue weighted by atomic mass is 9.96. The van der Waals surface area contributed by atoms with Crippen LogP contribution in [0.15, 0.2) is 46.6 Å². The number of benzene rings is 1. The Kier molecular flexibility index (Phi) is 3.87. The van der Waals surface area contributed by atoms with E-state index in [-0.39, 0.29) is 5.56 Å². The zero-order valence-corrected chi connectivity index (χ0v) is 13.7. The molecule has 0 bridgehead atoms. The summed E-state index contributed by atoms with van der Waals surface area (Å²) in [5.74, 6) is 0.669. The van der Waals surface area contributed by atoms with Crippen molar-refractivity contribution in [2.75, 3.05) is 5.32 Å². The number of anilines is 1. The lowest BCUT2D eigenvalue weighted by molar-refractivity contribution is 0.460. The number of rotatable bonds is 3. The molecule has 1 aliphatic rings. The Morgan fingerprint density at radius 3 is 2.65 bits per heavy atom. The number of hydrogen-bond acceptors (Lipinski definition) is 4. The molecule has 2 aromatic heterocycles. The van der Waals surface area contributed by atoms with Crippen LogP contribution in [0.5, 0.6) is 0 Å². The maximum Gasteiger partial charge on any atom is 0.268 e. The van der Waals surface area contributed by atoms with Gasteiger partial charge in [-0.3, -0.25) is 4.79 Å². The summed E-state index contributed by atoms with van der Waals surface area (Å²) in [5.41, 5.74) is 0.858. The second-order valence-electron chi connectivity index (χ2n) is 6.03. The number of para-hydroxylation sites is 1. The molecule has 0 aliphatic heterocycles. The van der Waals surface area contributed by atoms with Crippen LogP contribution in [-0.4, -0.2) is 15.6 Å². The monoisotopic (exact) mass is 325 g/mol. The van der Waals surface area contributed by atoms with Gasteiger partial charge < -0.3 is 5.32 Å². The van der Waals surface area contributed by atoms with Gasteiger partial charge in [0, 0.05) is 6.04 Å². The number of nitrogens with one attached hydrogen (secondary N) is 1. The first kappa shape index (κ1) is 14.5. The molecular weight excluding hydrogens is 306 g/mol. The van der Waals surface area contributed by atoms with E-state index in [0.717, 1.165) is 23.4 Å². The third-order valence-corrected chi connectivity index (χ3v) is 5.26. The summed E-state index contributed by atoms with van der Waals surface area (Å²) in [6, 6.07) is 12.0. The predicted octanol–water partition coefficient (Wildman–Crippen LogP) is 4.19. The van der Waals surface area contributed by atoms with Crippen molar-refractivity contribution in [2.24, 2.45) is 0 Å². The highest BCUT2D eigenvalue weighted by Gasteiger charge is 2.18. The fourth-order valence-corrected chi connectivity index (χ4v) is 4.01. The molecular formula is C18H19N3OS. The average molecular weight is 325 g/mol. The van der Waals surface area contributed by atoms with Crippen molar-refractivity contribution in [3.63, 3.8) is 0 Å². The largest absolute Gasteiger partial charge is 0.352 e. The van der Waals surface area contributed by atoms with Gasteiger partial charge in [-0.05, 0) is 36.4 Å². The molecule has 23 heavy (non-hydrogen) atoms. The van der Waals surface area contributed by atoms with E-state index >= 15 is 0 Å². The Labute approximate surface area is 138 Å². The number of hydrogen-bond donors (Lipinski definition) is 1. The van der Waals surface area contributed by atoms with E-state index in [4.69, 9.17) is 4.98 Å². The van der Waals surface area contributed by atoms with E-state index in [1.54, 1.807) is 4.57 Å². The van der Waals surface area contributed by atoms with Gasteiger partial charge >= 0.3 is 0 Å². The Morgan fingerprint density at radius 1 is 1.09 bits per heavy atom. The maximum absolute atomic E-state index is 12.9. The Bertz CT molecular complexity index is 863. The zero-order valence-electron chi connectivity index (χ0n) is 12.9. The maximum atomic E-state index is 12.9. The van der Waals surface area contributed by atoms with Crippen molar-refractivity contribution in [1.29, 1.82) is 0 Å². The fourth-order valence-electron chi connectivity index (χ4n) is 3.26. The highest BCUT2D eigenvalue weighted by molar-refractivity contribution is 7.16. The van der Waals surface area contributed by atoms with Gasteiger partial charge in [0.25, 0.3) is 5.56 Å². The van der Waals surface area contributed by atoms with Gasteiger partial charge in [0.2, 0.25) is 5.95 Å². The first-order valence-electron chi connectivity index (χ1n) is 8.15. The molecule has 0 radical (unpaired) electrons. The summed E-state index contributed by atoms with van der Waals surface area (Å²) in [6.45, 7) is 0. The minimum atomic E-state index is 0.000703. The third-order valence-electron chi connectivity index (χ3n) is 4.45. The van der Waals surface area contributed by atoms with E-state index in [9.17, 15) is 4.79 Å². The van der Waals surface area contributed by atoms with Crippen LogP contribution in [0.1, 0.15) is 32.1 Å². The zero-order chi connectivity index (χ0) is 15.6. The van der Waals surface area contributed by atoms with Gasteiger partial charge in [0.15, 0.2) is 0 Å². The summed E-state index contributed by atoms with van der Waals surface area (Å²) in [6.07, 6.45) is 6.09. The summed E-state index contributed by atoms with van der Waals surface area (Å²) in [4.78, 5) is 18.5. The van der Waals surface area contributed by atoms with E-state index in [1.807, 2.05) is 41.8 Å². The van der Waals surface area contributed by atoms with Gasteiger partial charge in [0.1, 0.15) is 4.83 Å². The average Bonchev–Trinajstić information content (AvgIpc) is 3.06. The van der Waals surface area contributed by atoms with Gasteiger partial charge in [0.05, 0.1) is 11.1 Å². The Morgan fingerprint density at radius 2 is 1.87 bits per heavy atom. The van der Waals surface area contributed by atoms with Crippen molar-refractivity contribution < 1.29 is 0 Å². The quantitative estimate of drug-likeness (QED) is 0.785. The molecule has 1 aromatic carbocycles. The van der Waals surface area contributed by atoms with E-state index in [1.165, 1.54) is 30.6 Å². The molecule has 1 saturated carbocycles. The standard InChI is InChI=1S/C18H19N3OS/c22-17-15-11-12-23-16(15)20-18(19-13-7-3-1-4-8-13)21(17)14-9-5-2-6-10-14/h2,5-6,9-13H,1,3-4,7-8H2,(H,19,20). The molecule has 1 N–H and O–H groups in total. The SMILES string of the molecule is O=c1c2ccsc2nc(NC2CCCCC2)n1-c1ccccc1. The van der Waals surface area contributed by atoms with Gasteiger partial charge in [-0.1, -0.05) is 37.5 Å². The number of nitrogens with zero attached hydrogens (tertiary/aromatic N) is 2. The first-order valence-corrected chi connectivity index (χ1v) is 9.03. The predicted molar refractivity (Wildman–Crippen MR) is 95.7 cm³/mol. The summed E-state index contributed by atoms with van der Waals surface area (Å²) in [5, 5.41) is 6.15. The molecule has 0 spiro atoms. The van der Waals surface area contributed by atoms with Crippen LogP contribution in [-0.2, 0) is 0 Å². The number of aromatic nitrogens is 2. The van der Waals surface area contributed by atoms with E-state index < -0.39 is 0 Å². The minimum Gasteiger partial charge on any atom is -0.352 e. The Hall–Kier alpha value is -2.14. The molecule has 5 heteroatoms. The van der Waals surface area contributed by atoms with Crippen LogP contribution in [0.4, 0.5) is 5.95 Å². The minimum absolute atomic E-state index is 0.000703. The van der Waals surface area contributed by atoms with Crippen LogP contribution in [0.3, 0.4) is 0 Å². The van der Waals surface area contributed by atoms with Gasteiger partial charge in [-0.25, -0.2) is 9.55 Å². The second kappa shape index (κ2) is 6.16. The highest BCUT2D eigenvalue weighted by Crippen LogP contribution is 2.24. The van der Waals surface area contributed by atoms with Crippen molar-refractivity contribution in [2.45, 2.75) is 38.1 Å². The van der Waals surface area contributed by atoms with Crippen LogP contribution < -0.4 is 10.9 Å². The Balaban J connectivity index is 1.85. The number of fused-ring (bicyclic) bond motifs is 1. The van der Waals surface area contributed by atoms with Crippen LogP contribution >= 0.6 is 11.3 Å². The number of thiophene rings is 1. The molecule has 0 amide bonds. The molecule has 3 aromatic rings. The van der Waals surface area contributed by atoms with Crippen LogP contribution in [0.2, 0.25) is 0 Å². The summed E-state index contributed by atoms with van der Waals surface area (Å²) >= 11 is 1.52. The molecule has 0 atom stereocenters. The van der Waals surface area contributed by atoms with Crippen molar-refractivity contribution in [3.05, 3.63) is 52.1 Å². The molecule has 0 unspecified atom stereocenters. The smallest absolute Gasteiger partial charge is 0.268 e. The third kappa shape index (κ3) is 2.77. The molecule has 118 valence electrons. The summed E-state index contributed by atoms with van der Waals surface area (Å²) < 4.78 is 1.71. The summed E-state index contributed by atoms with van der Waals surface area (Å²) in [7, 11) is 0. The molecule has 4 rings (SSSR count). The van der Waals surface area contributed by atoms with Crippen molar-refractivity contribution in [3.8, 4) is 5.69 Å². The molecule has 2 heterocycles. The highest BCUT2D eigenvalue weighted by atomic mass is 32.1. The van der Waals surface area contributed by atoms with E-state index in [0.29, 0.717) is 17.4 Å². The molecule has 1 fully saturated rings. The fraction of sp³-hybridized carbons (Fsp3) is 0.333. The molecule has 4 nitrogen and oxygen atoms in total.